The predicted molar refractivity (Wildman–Crippen MR) is 139 cm³/mol. The lowest BCUT2D eigenvalue weighted by molar-refractivity contribution is 0.0955. The van der Waals surface area contributed by atoms with Gasteiger partial charge in [-0.1, -0.05) is 23.7 Å². The molecule has 0 bridgehead atoms. The van der Waals surface area contributed by atoms with E-state index in [-0.39, 0.29) is 29.9 Å². The molecule has 0 fully saturated rings. The van der Waals surface area contributed by atoms with Gasteiger partial charge in [0.05, 0.1) is 31.4 Å². The highest BCUT2D eigenvalue weighted by atomic mass is 127. The average Bonchev–Trinajstić information content (AvgIpc) is 2.79. The fourth-order valence-electron chi connectivity index (χ4n) is 3.56. The van der Waals surface area contributed by atoms with Crippen LogP contribution >= 0.6 is 35.6 Å². The number of hydrogen-bond donors (Lipinski definition) is 2. The van der Waals surface area contributed by atoms with Crippen LogP contribution in [0.4, 0.5) is 0 Å². The summed E-state index contributed by atoms with van der Waals surface area (Å²) in [6.45, 7) is 5.27. The van der Waals surface area contributed by atoms with Gasteiger partial charge in [0.1, 0.15) is 0 Å². The van der Waals surface area contributed by atoms with Crippen LogP contribution in [0, 0.1) is 0 Å². The molecule has 3 rings (SSSR count). The molecule has 1 aliphatic heterocycles. The molecule has 0 atom stereocenters. The van der Waals surface area contributed by atoms with Crippen LogP contribution in [0.1, 0.15) is 28.4 Å². The van der Waals surface area contributed by atoms with Crippen LogP contribution < -0.4 is 20.1 Å². The number of carbonyl (C=O) groups excluding carboxylic acids is 1. The van der Waals surface area contributed by atoms with Crippen molar-refractivity contribution in [2.45, 2.75) is 19.9 Å². The van der Waals surface area contributed by atoms with Crippen molar-refractivity contribution in [3.8, 4) is 11.5 Å². The van der Waals surface area contributed by atoms with Gasteiger partial charge in [-0.05, 0) is 48.7 Å². The summed E-state index contributed by atoms with van der Waals surface area (Å²) in [6, 6.07) is 11.1. The minimum atomic E-state index is -0.196. The van der Waals surface area contributed by atoms with Gasteiger partial charge in [-0.15, -0.1) is 24.0 Å². The SMILES string of the molecule is CCNC(=NCCNC(=O)c1ccccc1Cl)N1CCc2cc(OC)c(OC)cc2C1.I. The zero-order valence-electron chi connectivity index (χ0n) is 18.6. The van der Waals surface area contributed by atoms with Crippen LogP contribution in [0.5, 0.6) is 11.5 Å². The number of benzene rings is 2. The lowest BCUT2D eigenvalue weighted by Gasteiger charge is -2.32. The standard InChI is InChI=1S/C23H29ClN4O3.HI/c1-4-25-23(27-11-10-26-22(29)18-7-5-6-8-19(18)24)28-12-9-16-13-20(30-2)21(31-3)14-17(16)15-28;/h5-8,13-14H,4,9-12,15H2,1-3H3,(H,25,27)(H,26,29);1H. The zero-order valence-corrected chi connectivity index (χ0v) is 21.7. The number of carbonyl (C=O) groups is 1. The van der Waals surface area contributed by atoms with Crippen LogP contribution in [0.25, 0.3) is 0 Å². The van der Waals surface area contributed by atoms with E-state index in [1.54, 1.807) is 38.5 Å². The highest BCUT2D eigenvalue weighted by Crippen LogP contribution is 2.33. The smallest absolute Gasteiger partial charge is 0.252 e. The van der Waals surface area contributed by atoms with Crippen LogP contribution in [-0.2, 0) is 13.0 Å². The summed E-state index contributed by atoms with van der Waals surface area (Å²) in [5.74, 6) is 2.12. The number of halogens is 2. The number of fused-ring (bicyclic) bond motifs is 1. The van der Waals surface area contributed by atoms with Crippen LogP contribution in [-0.4, -0.2) is 57.2 Å². The van der Waals surface area contributed by atoms with Crippen molar-refractivity contribution in [3.63, 3.8) is 0 Å². The first-order valence-corrected chi connectivity index (χ1v) is 10.7. The van der Waals surface area contributed by atoms with Gasteiger partial charge in [-0.25, -0.2) is 0 Å². The molecular formula is C23H30ClIN4O3. The number of methoxy groups -OCH3 is 2. The summed E-state index contributed by atoms with van der Waals surface area (Å²) in [4.78, 5) is 19.2. The first kappa shape index (κ1) is 26.1. The maximum absolute atomic E-state index is 12.3. The Labute approximate surface area is 211 Å². The molecule has 0 radical (unpaired) electrons. The fourth-order valence-corrected chi connectivity index (χ4v) is 3.78. The van der Waals surface area contributed by atoms with E-state index in [2.05, 4.69) is 21.6 Å². The van der Waals surface area contributed by atoms with E-state index in [0.717, 1.165) is 43.5 Å². The lowest BCUT2D eigenvalue weighted by atomic mass is 9.99. The van der Waals surface area contributed by atoms with E-state index >= 15 is 0 Å². The third kappa shape index (κ3) is 6.41. The summed E-state index contributed by atoms with van der Waals surface area (Å²) < 4.78 is 10.9. The second-order valence-electron chi connectivity index (χ2n) is 7.12. The number of hydrogen-bond acceptors (Lipinski definition) is 4. The lowest BCUT2D eigenvalue weighted by Crippen LogP contribution is -2.44. The molecule has 2 aromatic rings. The number of ether oxygens (including phenoxy) is 2. The highest BCUT2D eigenvalue weighted by Gasteiger charge is 2.21. The third-order valence-corrected chi connectivity index (χ3v) is 5.46. The van der Waals surface area contributed by atoms with Gasteiger partial charge in [0.2, 0.25) is 0 Å². The monoisotopic (exact) mass is 572 g/mol. The number of rotatable bonds is 7. The van der Waals surface area contributed by atoms with Crippen molar-refractivity contribution in [3.05, 3.63) is 58.1 Å². The number of nitrogens with one attached hydrogen (secondary N) is 2. The highest BCUT2D eigenvalue weighted by molar-refractivity contribution is 14.0. The maximum Gasteiger partial charge on any atom is 0.252 e. The molecular weight excluding hydrogens is 543 g/mol. The van der Waals surface area contributed by atoms with Crippen molar-refractivity contribution >= 4 is 47.4 Å². The molecule has 1 aliphatic rings. The Morgan fingerprint density at radius 2 is 1.81 bits per heavy atom. The van der Waals surface area contributed by atoms with Gasteiger partial charge in [0.15, 0.2) is 17.5 Å². The first-order valence-electron chi connectivity index (χ1n) is 10.4. The van der Waals surface area contributed by atoms with Gasteiger partial charge >= 0.3 is 0 Å². The molecule has 1 heterocycles. The summed E-state index contributed by atoms with van der Waals surface area (Å²) >= 11 is 6.09. The molecule has 2 aromatic carbocycles. The van der Waals surface area contributed by atoms with Gasteiger partial charge in [0, 0.05) is 26.2 Å². The molecule has 0 aliphatic carbocycles. The van der Waals surface area contributed by atoms with E-state index in [4.69, 9.17) is 26.1 Å². The molecule has 0 saturated carbocycles. The Morgan fingerprint density at radius 1 is 1.12 bits per heavy atom. The Hall–Kier alpha value is -2.20. The van der Waals surface area contributed by atoms with Gasteiger partial charge < -0.3 is 25.0 Å². The Balaban J connectivity index is 0.00000363. The minimum Gasteiger partial charge on any atom is -0.493 e. The summed E-state index contributed by atoms with van der Waals surface area (Å²) in [7, 11) is 3.30. The van der Waals surface area contributed by atoms with Gasteiger partial charge in [-0.2, -0.15) is 0 Å². The molecule has 7 nitrogen and oxygen atoms in total. The van der Waals surface area contributed by atoms with Crippen molar-refractivity contribution < 1.29 is 14.3 Å². The van der Waals surface area contributed by atoms with Crippen molar-refractivity contribution in [2.24, 2.45) is 4.99 Å². The normalized spacial score (nSPS) is 13.0. The largest absolute Gasteiger partial charge is 0.493 e. The molecule has 0 aromatic heterocycles. The van der Waals surface area contributed by atoms with Crippen molar-refractivity contribution in [1.29, 1.82) is 0 Å². The Kier molecular flexibility index (Phi) is 10.4. The maximum atomic E-state index is 12.3. The molecule has 174 valence electrons. The minimum absolute atomic E-state index is 0. The number of guanidine groups is 1. The summed E-state index contributed by atoms with van der Waals surface area (Å²) in [6.07, 6.45) is 0.892. The Morgan fingerprint density at radius 3 is 2.47 bits per heavy atom. The van der Waals surface area contributed by atoms with Crippen molar-refractivity contribution in [2.75, 3.05) is 40.4 Å². The average molecular weight is 573 g/mol. The number of amides is 1. The predicted octanol–water partition coefficient (Wildman–Crippen LogP) is 3.73. The summed E-state index contributed by atoms with van der Waals surface area (Å²) in [5, 5.41) is 6.67. The topological polar surface area (TPSA) is 75.2 Å². The molecule has 0 spiro atoms. The van der Waals surface area contributed by atoms with E-state index < -0.39 is 0 Å². The van der Waals surface area contributed by atoms with E-state index in [9.17, 15) is 4.79 Å². The third-order valence-electron chi connectivity index (χ3n) is 5.13. The molecule has 9 heteroatoms. The molecule has 1 amide bonds. The number of aliphatic imine (C=N–C) groups is 1. The summed E-state index contributed by atoms with van der Waals surface area (Å²) in [5.41, 5.74) is 2.93. The second-order valence-corrected chi connectivity index (χ2v) is 7.53. The number of nitrogens with zero attached hydrogens (tertiary/aromatic N) is 2. The molecule has 32 heavy (non-hydrogen) atoms. The molecule has 0 saturated heterocycles. The molecule has 2 N–H and O–H groups in total. The molecule has 0 unspecified atom stereocenters. The zero-order chi connectivity index (χ0) is 22.2. The second kappa shape index (κ2) is 12.7. The van der Waals surface area contributed by atoms with E-state index in [1.165, 1.54) is 11.1 Å². The van der Waals surface area contributed by atoms with E-state index in [0.29, 0.717) is 23.7 Å². The van der Waals surface area contributed by atoms with Crippen LogP contribution in [0.3, 0.4) is 0 Å². The van der Waals surface area contributed by atoms with Crippen LogP contribution in [0.2, 0.25) is 5.02 Å². The quantitative estimate of drug-likeness (QED) is 0.229. The van der Waals surface area contributed by atoms with Crippen LogP contribution in [0.15, 0.2) is 41.4 Å². The van der Waals surface area contributed by atoms with Gasteiger partial charge in [0.25, 0.3) is 5.91 Å². The first-order chi connectivity index (χ1) is 15.1. The van der Waals surface area contributed by atoms with Crippen molar-refractivity contribution in [1.82, 2.24) is 15.5 Å². The van der Waals surface area contributed by atoms with Gasteiger partial charge in [-0.3, -0.25) is 9.79 Å². The Bertz CT molecular complexity index is 955. The van der Waals surface area contributed by atoms with E-state index in [1.807, 2.05) is 13.0 Å². The fraction of sp³-hybridized carbons (Fsp3) is 0.391.